The van der Waals surface area contributed by atoms with E-state index in [1.165, 1.54) is 0 Å². The Morgan fingerprint density at radius 3 is 2.87 bits per heavy atom. The second kappa shape index (κ2) is 2.79. The zero-order chi connectivity index (χ0) is 10.4. The zero-order valence-electron chi connectivity index (χ0n) is 7.84. The molecule has 0 spiro atoms. The SMILES string of the molecule is O=C1OC(=O)C2C=CC=C3C=CC=C1C32. The van der Waals surface area contributed by atoms with Crippen LogP contribution in [-0.4, -0.2) is 11.9 Å². The zero-order valence-corrected chi connectivity index (χ0v) is 7.84. The Bertz CT molecular complexity index is 477. The van der Waals surface area contributed by atoms with Crippen molar-refractivity contribution in [3.63, 3.8) is 0 Å². The largest absolute Gasteiger partial charge is 0.389 e. The predicted molar refractivity (Wildman–Crippen MR) is 52.5 cm³/mol. The van der Waals surface area contributed by atoms with Crippen LogP contribution < -0.4 is 0 Å². The Morgan fingerprint density at radius 2 is 2.00 bits per heavy atom. The standard InChI is InChI=1S/C12H8O3/c13-11-8-5-1-3-7-4-2-6-9(10(7)8)12(14)15-11/h1-6,8,10H. The van der Waals surface area contributed by atoms with Gasteiger partial charge in [-0.1, -0.05) is 36.5 Å². The molecule has 1 fully saturated rings. The fraction of sp³-hybridized carbons (Fsp3) is 0.167. The number of ether oxygens (including phenoxy) is 1. The molecule has 3 rings (SSSR count). The van der Waals surface area contributed by atoms with Crippen molar-refractivity contribution in [3.05, 3.63) is 47.6 Å². The molecule has 0 radical (unpaired) electrons. The molecule has 2 aliphatic carbocycles. The van der Waals surface area contributed by atoms with Crippen molar-refractivity contribution < 1.29 is 14.3 Å². The summed E-state index contributed by atoms with van der Waals surface area (Å²) in [5.74, 6) is -1.42. The minimum atomic E-state index is -0.508. The molecular formula is C12H8O3. The molecule has 0 aromatic rings. The van der Waals surface area contributed by atoms with E-state index >= 15 is 0 Å². The van der Waals surface area contributed by atoms with Crippen molar-refractivity contribution in [3.8, 4) is 0 Å². The first-order chi connectivity index (χ1) is 7.27. The molecule has 74 valence electrons. The van der Waals surface area contributed by atoms with Crippen LogP contribution in [0.5, 0.6) is 0 Å². The molecule has 2 unspecified atom stereocenters. The van der Waals surface area contributed by atoms with E-state index in [2.05, 4.69) is 4.74 Å². The second-order valence-electron chi connectivity index (χ2n) is 3.74. The third-order valence-electron chi connectivity index (χ3n) is 2.93. The first kappa shape index (κ1) is 8.41. The molecule has 0 aromatic heterocycles. The lowest BCUT2D eigenvalue weighted by Crippen LogP contribution is -2.38. The molecule has 0 aromatic carbocycles. The van der Waals surface area contributed by atoms with Gasteiger partial charge in [-0.3, -0.25) is 4.79 Å². The van der Waals surface area contributed by atoms with Gasteiger partial charge in [-0.15, -0.1) is 0 Å². The molecule has 1 saturated heterocycles. The maximum atomic E-state index is 11.5. The van der Waals surface area contributed by atoms with Crippen LogP contribution in [0, 0.1) is 11.8 Å². The van der Waals surface area contributed by atoms with E-state index in [-0.39, 0.29) is 11.8 Å². The Hall–Kier alpha value is -1.90. The predicted octanol–water partition coefficient (Wildman–Crippen LogP) is 1.29. The van der Waals surface area contributed by atoms with Gasteiger partial charge >= 0.3 is 11.9 Å². The van der Waals surface area contributed by atoms with Gasteiger partial charge in [0.05, 0.1) is 5.92 Å². The summed E-state index contributed by atoms with van der Waals surface area (Å²) in [4.78, 5) is 23.0. The van der Waals surface area contributed by atoms with Crippen LogP contribution in [0.15, 0.2) is 47.6 Å². The van der Waals surface area contributed by atoms with E-state index in [9.17, 15) is 9.59 Å². The van der Waals surface area contributed by atoms with E-state index in [1.54, 1.807) is 12.2 Å². The Kier molecular flexibility index (Phi) is 1.57. The first-order valence-corrected chi connectivity index (χ1v) is 4.80. The van der Waals surface area contributed by atoms with Crippen LogP contribution in [0.25, 0.3) is 0 Å². The van der Waals surface area contributed by atoms with Crippen molar-refractivity contribution in [1.82, 2.24) is 0 Å². The lowest BCUT2D eigenvalue weighted by atomic mass is 9.74. The highest BCUT2D eigenvalue weighted by molar-refractivity contribution is 6.03. The van der Waals surface area contributed by atoms with Crippen molar-refractivity contribution in [2.75, 3.05) is 0 Å². The molecule has 1 heterocycles. The summed E-state index contributed by atoms with van der Waals surface area (Å²) in [6.45, 7) is 0. The molecule has 0 amide bonds. The average molecular weight is 200 g/mol. The van der Waals surface area contributed by atoms with Gasteiger partial charge < -0.3 is 4.74 Å². The fourth-order valence-corrected chi connectivity index (χ4v) is 2.24. The molecule has 15 heavy (non-hydrogen) atoms. The number of hydrogen-bond acceptors (Lipinski definition) is 3. The van der Waals surface area contributed by atoms with Gasteiger partial charge in [-0.05, 0) is 5.57 Å². The third-order valence-corrected chi connectivity index (χ3v) is 2.93. The van der Waals surface area contributed by atoms with Crippen LogP contribution in [0.3, 0.4) is 0 Å². The fourth-order valence-electron chi connectivity index (χ4n) is 2.24. The maximum Gasteiger partial charge on any atom is 0.342 e. The monoisotopic (exact) mass is 200 g/mol. The quantitative estimate of drug-likeness (QED) is 0.437. The molecule has 1 aliphatic heterocycles. The Labute approximate surface area is 86.4 Å². The van der Waals surface area contributed by atoms with Gasteiger partial charge in [0.1, 0.15) is 0 Å². The Morgan fingerprint density at radius 1 is 1.13 bits per heavy atom. The van der Waals surface area contributed by atoms with Crippen LogP contribution in [0.1, 0.15) is 0 Å². The van der Waals surface area contributed by atoms with E-state index in [0.29, 0.717) is 5.57 Å². The maximum absolute atomic E-state index is 11.5. The van der Waals surface area contributed by atoms with Crippen LogP contribution in [0.2, 0.25) is 0 Å². The lowest BCUT2D eigenvalue weighted by Gasteiger charge is -2.33. The molecule has 3 aliphatic rings. The minimum absolute atomic E-state index is 0.131. The van der Waals surface area contributed by atoms with Crippen LogP contribution in [-0.2, 0) is 14.3 Å². The van der Waals surface area contributed by atoms with Crippen molar-refractivity contribution >= 4 is 11.9 Å². The van der Waals surface area contributed by atoms with Gasteiger partial charge in [0, 0.05) is 11.5 Å². The third kappa shape index (κ3) is 1.06. The van der Waals surface area contributed by atoms with Gasteiger partial charge in [0.2, 0.25) is 0 Å². The molecule has 0 N–H and O–H groups in total. The number of esters is 2. The van der Waals surface area contributed by atoms with E-state index in [4.69, 9.17) is 0 Å². The number of allylic oxidation sites excluding steroid dienone is 6. The lowest BCUT2D eigenvalue weighted by molar-refractivity contribution is -0.163. The highest BCUT2D eigenvalue weighted by Gasteiger charge is 2.43. The summed E-state index contributed by atoms with van der Waals surface area (Å²) in [5, 5.41) is 0. The molecule has 3 heteroatoms. The van der Waals surface area contributed by atoms with E-state index in [1.807, 2.05) is 24.3 Å². The van der Waals surface area contributed by atoms with Gasteiger partial charge in [-0.2, -0.15) is 0 Å². The Balaban J connectivity index is 2.16. The average Bonchev–Trinajstić information content (AvgIpc) is 2.25. The molecule has 0 saturated carbocycles. The summed E-state index contributed by atoms with van der Waals surface area (Å²) >= 11 is 0. The van der Waals surface area contributed by atoms with Crippen molar-refractivity contribution in [1.29, 1.82) is 0 Å². The number of rotatable bonds is 0. The number of carbonyl (C=O) groups is 2. The summed E-state index contributed by atoms with van der Waals surface area (Å²) in [6, 6.07) is 0. The highest BCUT2D eigenvalue weighted by atomic mass is 16.6. The summed E-state index contributed by atoms with van der Waals surface area (Å²) in [6.07, 6.45) is 11.0. The topological polar surface area (TPSA) is 43.4 Å². The van der Waals surface area contributed by atoms with Gasteiger partial charge in [0.25, 0.3) is 0 Å². The van der Waals surface area contributed by atoms with E-state index in [0.717, 1.165) is 5.57 Å². The molecule has 2 atom stereocenters. The number of hydrogen-bond donors (Lipinski definition) is 0. The minimum Gasteiger partial charge on any atom is -0.389 e. The van der Waals surface area contributed by atoms with Gasteiger partial charge in [0.15, 0.2) is 0 Å². The van der Waals surface area contributed by atoms with E-state index < -0.39 is 11.9 Å². The number of cyclic esters (lactones) is 2. The normalized spacial score (nSPS) is 31.7. The molecular weight excluding hydrogens is 192 g/mol. The number of carbonyl (C=O) groups excluding carboxylic acids is 2. The van der Waals surface area contributed by atoms with Crippen molar-refractivity contribution in [2.24, 2.45) is 11.8 Å². The molecule has 3 nitrogen and oxygen atoms in total. The smallest absolute Gasteiger partial charge is 0.342 e. The summed E-state index contributed by atoms with van der Waals surface area (Å²) in [7, 11) is 0. The summed E-state index contributed by atoms with van der Waals surface area (Å²) < 4.78 is 4.68. The van der Waals surface area contributed by atoms with Crippen LogP contribution >= 0.6 is 0 Å². The first-order valence-electron chi connectivity index (χ1n) is 4.80. The second-order valence-corrected chi connectivity index (χ2v) is 3.74. The van der Waals surface area contributed by atoms with Crippen molar-refractivity contribution in [2.45, 2.75) is 0 Å². The molecule has 0 bridgehead atoms. The highest BCUT2D eigenvalue weighted by Crippen LogP contribution is 2.39. The van der Waals surface area contributed by atoms with Crippen LogP contribution in [0.4, 0.5) is 0 Å². The summed E-state index contributed by atoms with van der Waals surface area (Å²) in [5.41, 5.74) is 1.59. The van der Waals surface area contributed by atoms with Gasteiger partial charge in [-0.25, -0.2) is 4.79 Å².